The van der Waals surface area contributed by atoms with E-state index in [0.29, 0.717) is 55.4 Å². The Morgan fingerprint density at radius 3 is 1.71 bits per heavy atom. The lowest BCUT2D eigenvalue weighted by atomic mass is 9.49. The maximum atomic E-state index is 14.5. The molecule has 1 aromatic carbocycles. The second kappa shape index (κ2) is 23.9. The van der Waals surface area contributed by atoms with Crippen LogP contribution in [0.25, 0.3) is 0 Å². The average molecular weight is 952 g/mol. The number of hydrogen-bond acceptors (Lipinski definition) is 10. The third-order valence-corrected chi connectivity index (χ3v) is 13.6. The zero-order chi connectivity index (χ0) is 50.7. The Bertz CT molecular complexity index is 2030. The van der Waals surface area contributed by atoms with E-state index in [-0.39, 0.29) is 25.2 Å². The number of nitrogens with two attached hydrogens (primary N) is 1. The molecule has 0 radical (unpaired) electrons. The van der Waals surface area contributed by atoms with Crippen LogP contribution in [0.3, 0.4) is 0 Å². The van der Waals surface area contributed by atoms with E-state index in [2.05, 4.69) is 31.9 Å². The second-order valence-electron chi connectivity index (χ2n) is 20.9. The van der Waals surface area contributed by atoms with Crippen molar-refractivity contribution in [3.05, 3.63) is 35.4 Å². The summed E-state index contributed by atoms with van der Waals surface area (Å²) in [5, 5.41) is 35.3. The van der Waals surface area contributed by atoms with Gasteiger partial charge in [-0.25, -0.2) is 0 Å². The van der Waals surface area contributed by atoms with Crippen molar-refractivity contribution in [2.24, 2.45) is 40.2 Å². The zero-order valence-corrected chi connectivity index (χ0v) is 40.5. The van der Waals surface area contributed by atoms with Gasteiger partial charge < -0.3 is 47.8 Å². The predicted molar refractivity (Wildman–Crippen MR) is 249 cm³/mol. The van der Waals surface area contributed by atoms with E-state index in [0.717, 1.165) is 24.8 Å². The lowest BCUT2D eigenvalue weighted by Gasteiger charge is -2.55. The highest BCUT2D eigenvalue weighted by atomic mass is 16.4. The number of hydrogen-bond donors (Lipinski definition) is 9. The van der Waals surface area contributed by atoms with Crippen LogP contribution in [0.1, 0.15) is 136 Å². The molecular formula is C49H73N7O12. The number of rotatable bonds is 26. The van der Waals surface area contributed by atoms with E-state index in [9.17, 15) is 58.2 Å². The summed E-state index contributed by atoms with van der Waals surface area (Å²) in [6.07, 6.45) is 4.47. The molecule has 4 aliphatic carbocycles. The summed E-state index contributed by atoms with van der Waals surface area (Å²) >= 11 is 0. The van der Waals surface area contributed by atoms with Crippen LogP contribution in [0.5, 0.6) is 0 Å². The first-order valence-electron chi connectivity index (χ1n) is 24.0. The summed E-state index contributed by atoms with van der Waals surface area (Å²) in [5.41, 5.74) is 4.90. The number of nitrogens with one attached hydrogen (secondary N) is 6. The van der Waals surface area contributed by atoms with Gasteiger partial charge in [-0.3, -0.25) is 47.9 Å². The van der Waals surface area contributed by atoms with E-state index in [1.54, 1.807) is 52.0 Å². The standard InChI is InChI=1S/C49H73N7O12/c1-8-9-14-32(39(61)41(50)62)51-43(64)34(17-26(2)3)54-46(67)40(48(5,6)7)56-45(66)35(21-31-13-11-10-12-27(31)4)53-42(63)33(15-16-37(57)58)52-44(65)36(22-38(59)60)55-47(68)49-23-28-18-29(24-49)20-30(19-28)25-49/h10-13,26,28-30,32-36,40H,8-9,14-25H2,1-7H3,(H2,50,62)(H,51,64)(H,52,65)(H,53,63)(H,54,67)(H,55,68)(H,56,66)(H,57,58)(H,59,60)/t28?,29?,30?,32-,33-,34-,35-,36-,40+,49?/m0/s1. The minimum atomic E-state index is -1.61. The van der Waals surface area contributed by atoms with Crippen molar-refractivity contribution >= 4 is 59.1 Å². The molecule has 4 fully saturated rings. The molecule has 5 rings (SSSR count). The number of amides is 7. The first kappa shape index (κ1) is 54.7. The first-order valence-corrected chi connectivity index (χ1v) is 24.0. The normalized spacial score (nSPS) is 22.0. The van der Waals surface area contributed by atoms with Gasteiger partial charge in [-0.1, -0.05) is 78.6 Å². The molecule has 0 aliphatic heterocycles. The number of aryl methyl sites for hydroxylation is 1. The van der Waals surface area contributed by atoms with Gasteiger partial charge >= 0.3 is 11.9 Å². The molecule has 68 heavy (non-hydrogen) atoms. The molecule has 10 N–H and O–H groups in total. The van der Waals surface area contributed by atoms with Crippen molar-refractivity contribution in [2.75, 3.05) is 0 Å². The van der Waals surface area contributed by atoms with Crippen LogP contribution in [0.4, 0.5) is 0 Å². The summed E-state index contributed by atoms with van der Waals surface area (Å²) in [4.78, 5) is 133. The molecule has 1 aromatic rings. The quantitative estimate of drug-likeness (QED) is 0.0605. The van der Waals surface area contributed by atoms with E-state index in [1.165, 1.54) is 0 Å². The van der Waals surface area contributed by atoms with Gasteiger partial charge in [-0.05, 0) is 105 Å². The van der Waals surface area contributed by atoms with E-state index >= 15 is 0 Å². The smallest absolute Gasteiger partial charge is 0.305 e. The molecule has 376 valence electrons. The minimum Gasteiger partial charge on any atom is -0.481 e. The van der Waals surface area contributed by atoms with Crippen molar-refractivity contribution in [2.45, 2.75) is 175 Å². The molecule has 0 spiro atoms. The molecule has 4 bridgehead atoms. The number of aliphatic carboxylic acids is 2. The highest BCUT2D eigenvalue weighted by Crippen LogP contribution is 2.60. The fourth-order valence-corrected chi connectivity index (χ4v) is 10.4. The molecular weight excluding hydrogens is 879 g/mol. The summed E-state index contributed by atoms with van der Waals surface area (Å²) in [7, 11) is 0. The Hall–Kier alpha value is -5.88. The lowest BCUT2D eigenvalue weighted by Crippen LogP contribution is -2.62. The Balaban J connectivity index is 1.59. The van der Waals surface area contributed by atoms with Gasteiger partial charge in [0.05, 0.1) is 12.5 Å². The van der Waals surface area contributed by atoms with Crippen molar-refractivity contribution < 1.29 is 58.2 Å². The molecule has 0 heterocycles. The average Bonchev–Trinajstić information content (AvgIpc) is 3.23. The Morgan fingerprint density at radius 2 is 1.19 bits per heavy atom. The number of carboxylic acids is 2. The second-order valence-corrected chi connectivity index (χ2v) is 20.9. The molecule has 0 unspecified atom stereocenters. The number of unbranched alkanes of at least 4 members (excludes halogenated alkanes) is 1. The third kappa shape index (κ3) is 15.3. The largest absolute Gasteiger partial charge is 0.481 e. The Labute approximate surface area is 398 Å². The molecule has 4 saturated carbocycles. The van der Waals surface area contributed by atoms with Crippen LogP contribution in [0.2, 0.25) is 0 Å². The van der Waals surface area contributed by atoms with Gasteiger partial charge in [0.15, 0.2) is 0 Å². The maximum Gasteiger partial charge on any atom is 0.305 e. The van der Waals surface area contributed by atoms with Gasteiger partial charge in [-0.2, -0.15) is 0 Å². The van der Waals surface area contributed by atoms with Gasteiger partial charge in [0.25, 0.3) is 5.91 Å². The van der Waals surface area contributed by atoms with Crippen LogP contribution in [0.15, 0.2) is 24.3 Å². The molecule has 0 aromatic heterocycles. The fourth-order valence-electron chi connectivity index (χ4n) is 10.4. The van der Waals surface area contributed by atoms with Gasteiger partial charge in [0.1, 0.15) is 30.2 Å². The Morgan fingerprint density at radius 1 is 0.676 bits per heavy atom. The van der Waals surface area contributed by atoms with Crippen LogP contribution < -0.4 is 37.6 Å². The van der Waals surface area contributed by atoms with Crippen molar-refractivity contribution in [3.8, 4) is 0 Å². The van der Waals surface area contributed by atoms with Crippen LogP contribution in [0, 0.1) is 41.4 Å². The molecule has 7 amide bonds. The van der Waals surface area contributed by atoms with Crippen molar-refractivity contribution in [3.63, 3.8) is 0 Å². The van der Waals surface area contributed by atoms with E-state index < -0.39 is 125 Å². The van der Waals surface area contributed by atoms with Crippen LogP contribution in [-0.4, -0.2) is 106 Å². The summed E-state index contributed by atoms with van der Waals surface area (Å²) in [6, 6.07) is -1.39. The summed E-state index contributed by atoms with van der Waals surface area (Å²) in [5.74, 6) is -8.66. The lowest BCUT2D eigenvalue weighted by molar-refractivity contribution is -0.150. The molecule has 19 heteroatoms. The number of carbonyl (C=O) groups excluding carboxylic acids is 8. The number of benzene rings is 1. The SMILES string of the molecule is CCCC[C@H](NC(=O)[C@H](CC(C)C)NC(=O)[C@@H](NC(=O)[C@H](Cc1ccccc1C)NC(=O)[C@H](CCC(=O)O)NC(=O)[C@H](CC(=O)O)NC(=O)C12CC3CC(CC(C3)C1)C2)C(C)(C)C)C(=O)C(N)=O. The van der Waals surface area contributed by atoms with E-state index in [4.69, 9.17) is 5.73 Å². The number of carbonyl (C=O) groups is 10. The highest BCUT2D eigenvalue weighted by Gasteiger charge is 2.55. The van der Waals surface area contributed by atoms with Gasteiger partial charge in [-0.15, -0.1) is 0 Å². The third-order valence-electron chi connectivity index (χ3n) is 13.6. The number of carboxylic acid groups (broad SMARTS) is 2. The molecule has 4 aliphatic rings. The number of primary amides is 1. The highest BCUT2D eigenvalue weighted by molar-refractivity contribution is 6.37. The van der Waals surface area contributed by atoms with E-state index in [1.807, 2.05) is 20.8 Å². The topological polar surface area (TPSA) is 309 Å². The fraction of sp³-hybridized carbons (Fsp3) is 0.673. The molecule has 19 nitrogen and oxygen atoms in total. The van der Waals surface area contributed by atoms with Gasteiger partial charge in [0, 0.05) is 18.3 Å². The number of ketones is 1. The first-order chi connectivity index (χ1) is 31.8. The van der Waals surface area contributed by atoms with Crippen LogP contribution in [-0.2, 0) is 54.4 Å². The van der Waals surface area contributed by atoms with Crippen molar-refractivity contribution in [1.29, 1.82) is 0 Å². The number of Topliss-reactive ketones (excluding diaryl/α,β-unsaturated/α-hetero) is 1. The molecule has 0 saturated heterocycles. The Kier molecular flexibility index (Phi) is 19.2. The van der Waals surface area contributed by atoms with Crippen molar-refractivity contribution in [1.82, 2.24) is 31.9 Å². The zero-order valence-electron chi connectivity index (χ0n) is 40.5. The summed E-state index contributed by atoms with van der Waals surface area (Å²) < 4.78 is 0. The van der Waals surface area contributed by atoms with Gasteiger partial charge in [0.2, 0.25) is 41.2 Å². The predicted octanol–water partition coefficient (Wildman–Crippen LogP) is 2.34. The maximum absolute atomic E-state index is 14.5. The molecule has 6 atom stereocenters. The summed E-state index contributed by atoms with van der Waals surface area (Å²) in [6.45, 7) is 12.3. The minimum absolute atomic E-state index is 0.113. The van der Waals surface area contributed by atoms with Crippen LogP contribution >= 0.6 is 0 Å². The monoisotopic (exact) mass is 952 g/mol.